The smallest absolute Gasteiger partial charge is 0.274 e. The second-order valence-corrected chi connectivity index (χ2v) is 7.73. The fourth-order valence-corrected chi connectivity index (χ4v) is 4.08. The zero-order valence-electron chi connectivity index (χ0n) is 13.4. The summed E-state index contributed by atoms with van der Waals surface area (Å²) in [5.41, 5.74) is 6.98. The van der Waals surface area contributed by atoms with Gasteiger partial charge in [0.15, 0.2) is 5.17 Å². The molecule has 0 spiro atoms. The molecule has 25 heavy (non-hydrogen) atoms. The summed E-state index contributed by atoms with van der Waals surface area (Å²) in [6.45, 7) is 1.99. The van der Waals surface area contributed by atoms with Crippen LogP contribution in [-0.2, 0) is 5.54 Å². The molecular weight excluding hydrogens is 379 g/mol. The number of aromatic nitrogens is 1. The van der Waals surface area contributed by atoms with E-state index in [0.29, 0.717) is 20.9 Å². The zero-order valence-corrected chi connectivity index (χ0v) is 15.8. The first kappa shape index (κ1) is 18.0. The second kappa shape index (κ2) is 7.23. The first-order chi connectivity index (χ1) is 11.9. The van der Waals surface area contributed by atoms with E-state index in [4.69, 9.17) is 28.9 Å². The maximum Gasteiger partial charge on any atom is 0.274 e. The van der Waals surface area contributed by atoms with Crippen molar-refractivity contribution in [3.05, 3.63) is 57.8 Å². The molecule has 3 rings (SSSR count). The van der Waals surface area contributed by atoms with Crippen LogP contribution in [-0.4, -0.2) is 21.8 Å². The molecule has 5 nitrogen and oxygen atoms in total. The molecule has 0 bridgehead atoms. The van der Waals surface area contributed by atoms with E-state index in [1.807, 2.05) is 19.1 Å². The lowest BCUT2D eigenvalue weighted by atomic mass is 9.89. The number of amidine groups is 1. The molecule has 2 aromatic rings. The van der Waals surface area contributed by atoms with Crippen molar-refractivity contribution in [2.24, 2.45) is 10.7 Å². The average Bonchev–Trinajstić information content (AvgIpc) is 2.57. The van der Waals surface area contributed by atoms with Gasteiger partial charge in [-0.25, -0.2) is 4.98 Å². The highest BCUT2D eigenvalue weighted by atomic mass is 35.5. The van der Waals surface area contributed by atoms with E-state index in [2.05, 4.69) is 15.3 Å². The normalized spacial score (nSPS) is 20.0. The van der Waals surface area contributed by atoms with Crippen LogP contribution in [0, 0.1) is 0 Å². The predicted octanol–water partition coefficient (Wildman–Crippen LogP) is 4.31. The highest BCUT2D eigenvalue weighted by Gasteiger charge is 2.32. The SMILES string of the molecule is CC1(c2cccc(NC(=O)c3ccc(Cl)cn3)c2Cl)CCSC(N)=N1. The summed E-state index contributed by atoms with van der Waals surface area (Å²) in [7, 11) is 0. The summed E-state index contributed by atoms with van der Waals surface area (Å²) < 4.78 is 0. The maximum atomic E-state index is 12.4. The molecule has 0 radical (unpaired) electrons. The third kappa shape index (κ3) is 3.92. The summed E-state index contributed by atoms with van der Waals surface area (Å²) in [6, 6.07) is 8.66. The van der Waals surface area contributed by atoms with Gasteiger partial charge in [-0.1, -0.05) is 47.1 Å². The summed E-state index contributed by atoms with van der Waals surface area (Å²) in [6.07, 6.45) is 2.24. The molecular formula is C17H16Cl2N4OS. The molecule has 130 valence electrons. The van der Waals surface area contributed by atoms with Gasteiger partial charge in [-0.2, -0.15) is 0 Å². The Morgan fingerprint density at radius 2 is 2.12 bits per heavy atom. The molecule has 1 unspecified atom stereocenters. The number of anilines is 1. The van der Waals surface area contributed by atoms with E-state index in [-0.39, 0.29) is 11.6 Å². The van der Waals surface area contributed by atoms with Crippen LogP contribution in [0.2, 0.25) is 10.0 Å². The van der Waals surface area contributed by atoms with Crippen LogP contribution >= 0.6 is 35.0 Å². The molecule has 2 heterocycles. The van der Waals surface area contributed by atoms with Crippen molar-refractivity contribution in [2.75, 3.05) is 11.1 Å². The Bertz CT molecular complexity index is 841. The third-order valence-corrected chi connectivity index (χ3v) is 5.41. The lowest BCUT2D eigenvalue weighted by molar-refractivity contribution is 0.102. The van der Waals surface area contributed by atoms with Gasteiger partial charge in [0.1, 0.15) is 5.69 Å². The number of hydrogen-bond donors (Lipinski definition) is 2. The molecule has 1 amide bonds. The van der Waals surface area contributed by atoms with Crippen LogP contribution in [0.15, 0.2) is 41.5 Å². The van der Waals surface area contributed by atoms with Crippen molar-refractivity contribution in [1.29, 1.82) is 0 Å². The monoisotopic (exact) mass is 394 g/mol. The average molecular weight is 395 g/mol. The Morgan fingerprint density at radius 1 is 1.32 bits per heavy atom. The molecule has 0 saturated carbocycles. The Morgan fingerprint density at radius 3 is 2.80 bits per heavy atom. The number of carbonyl (C=O) groups excluding carboxylic acids is 1. The van der Waals surface area contributed by atoms with Crippen LogP contribution in [0.1, 0.15) is 29.4 Å². The number of pyridine rings is 1. The molecule has 1 aromatic heterocycles. The van der Waals surface area contributed by atoms with Crippen LogP contribution in [0.25, 0.3) is 0 Å². The van der Waals surface area contributed by atoms with E-state index in [0.717, 1.165) is 17.7 Å². The number of nitrogens with one attached hydrogen (secondary N) is 1. The maximum absolute atomic E-state index is 12.4. The van der Waals surface area contributed by atoms with Crippen LogP contribution in [0.3, 0.4) is 0 Å². The fraction of sp³-hybridized carbons (Fsp3) is 0.235. The molecule has 0 fully saturated rings. The lowest BCUT2D eigenvalue weighted by Crippen LogP contribution is -2.29. The summed E-state index contributed by atoms with van der Waals surface area (Å²) >= 11 is 13.9. The van der Waals surface area contributed by atoms with Crippen molar-refractivity contribution in [3.8, 4) is 0 Å². The van der Waals surface area contributed by atoms with Gasteiger partial charge in [0, 0.05) is 17.5 Å². The quantitative estimate of drug-likeness (QED) is 0.812. The minimum atomic E-state index is -0.508. The summed E-state index contributed by atoms with van der Waals surface area (Å²) in [5.74, 6) is 0.510. The van der Waals surface area contributed by atoms with Gasteiger partial charge in [-0.3, -0.25) is 9.79 Å². The van der Waals surface area contributed by atoms with Crippen molar-refractivity contribution in [2.45, 2.75) is 18.9 Å². The van der Waals surface area contributed by atoms with Gasteiger partial charge in [0.05, 0.1) is 21.3 Å². The Labute approximate surface area is 160 Å². The van der Waals surface area contributed by atoms with Crippen LogP contribution in [0.5, 0.6) is 0 Å². The third-order valence-electron chi connectivity index (χ3n) is 3.98. The lowest BCUT2D eigenvalue weighted by Gasteiger charge is -2.31. The molecule has 3 N–H and O–H groups in total. The molecule has 1 atom stereocenters. The largest absolute Gasteiger partial charge is 0.379 e. The number of amides is 1. The number of rotatable bonds is 3. The highest BCUT2D eigenvalue weighted by Crippen LogP contribution is 2.41. The number of hydrogen-bond acceptors (Lipinski definition) is 5. The number of nitrogens with zero attached hydrogens (tertiary/aromatic N) is 2. The van der Waals surface area contributed by atoms with E-state index >= 15 is 0 Å². The topological polar surface area (TPSA) is 80.4 Å². The van der Waals surface area contributed by atoms with Crippen molar-refractivity contribution in [3.63, 3.8) is 0 Å². The van der Waals surface area contributed by atoms with Crippen molar-refractivity contribution >= 4 is 51.7 Å². The Balaban J connectivity index is 1.90. The molecule has 0 aliphatic carbocycles. The van der Waals surface area contributed by atoms with Gasteiger partial charge in [-0.15, -0.1) is 0 Å². The molecule has 1 aromatic carbocycles. The first-order valence-corrected chi connectivity index (χ1v) is 9.33. The van der Waals surface area contributed by atoms with Gasteiger partial charge in [-0.05, 0) is 31.5 Å². The van der Waals surface area contributed by atoms with E-state index in [9.17, 15) is 4.79 Å². The van der Waals surface area contributed by atoms with Gasteiger partial charge < -0.3 is 11.1 Å². The minimum Gasteiger partial charge on any atom is -0.379 e. The standard InChI is InChI=1S/C17H16Cl2N4OS/c1-17(7-8-25-16(20)23-17)11-3-2-4-12(14(11)19)22-15(24)13-6-5-10(18)9-21-13/h2-6,9H,7-8H2,1H3,(H2,20,23)(H,22,24). The van der Waals surface area contributed by atoms with E-state index in [1.165, 1.54) is 18.0 Å². The second-order valence-electron chi connectivity index (χ2n) is 5.81. The summed E-state index contributed by atoms with van der Waals surface area (Å²) in [4.78, 5) is 20.9. The molecule has 1 aliphatic rings. The Kier molecular flexibility index (Phi) is 5.22. The number of nitrogens with two attached hydrogens (primary N) is 1. The van der Waals surface area contributed by atoms with Crippen molar-refractivity contribution in [1.82, 2.24) is 4.98 Å². The number of halogens is 2. The fourth-order valence-electron chi connectivity index (χ4n) is 2.62. The first-order valence-electron chi connectivity index (χ1n) is 7.59. The van der Waals surface area contributed by atoms with Gasteiger partial charge in [0.2, 0.25) is 0 Å². The number of benzene rings is 1. The summed E-state index contributed by atoms with van der Waals surface area (Å²) in [5, 5.41) is 4.26. The highest BCUT2D eigenvalue weighted by molar-refractivity contribution is 8.13. The van der Waals surface area contributed by atoms with Crippen LogP contribution in [0.4, 0.5) is 5.69 Å². The molecule has 0 saturated heterocycles. The Hall–Kier alpha value is -1.76. The van der Waals surface area contributed by atoms with Gasteiger partial charge in [0.25, 0.3) is 5.91 Å². The van der Waals surface area contributed by atoms with Crippen LogP contribution < -0.4 is 11.1 Å². The van der Waals surface area contributed by atoms with Crippen molar-refractivity contribution < 1.29 is 4.79 Å². The van der Waals surface area contributed by atoms with Gasteiger partial charge >= 0.3 is 0 Å². The molecule has 1 aliphatic heterocycles. The zero-order chi connectivity index (χ0) is 18.0. The predicted molar refractivity (Wildman–Crippen MR) is 105 cm³/mol. The number of aliphatic imine (C=N–C) groups is 1. The minimum absolute atomic E-state index is 0.258. The number of carbonyl (C=O) groups is 1. The molecule has 8 heteroatoms. The van der Waals surface area contributed by atoms with E-state index in [1.54, 1.807) is 18.2 Å². The number of thioether (sulfide) groups is 1. The van der Waals surface area contributed by atoms with E-state index < -0.39 is 5.54 Å².